The fourth-order valence-corrected chi connectivity index (χ4v) is 2.58. The summed E-state index contributed by atoms with van der Waals surface area (Å²) in [4.78, 5) is 0.0318. The van der Waals surface area contributed by atoms with Gasteiger partial charge in [0.1, 0.15) is 10.7 Å². The minimum Gasteiger partial charge on any atom is -0.399 e. The van der Waals surface area contributed by atoms with Crippen molar-refractivity contribution in [1.29, 1.82) is 0 Å². The Bertz CT molecular complexity index is 715. The number of nitrogens with one attached hydrogen (secondary N) is 2. The van der Waals surface area contributed by atoms with E-state index >= 15 is 0 Å². The number of halogens is 1. The summed E-state index contributed by atoms with van der Waals surface area (Å²) < 4.78 is 39.0. The van der Waals surface area contributed by atoms with Crippen LogP contribution in [0.3, 0.4) is 0 Å². The Hall–Kier alpha value is -2.12. The van der Waals surface area contributed by atoms with Gasteiger partial charge in [-0.15, -0.1) is 0 Å². The van der Waals surface area contributed by atoms with Gasteiger partial charge >= 0.3 is 0 Å². The number of sulfonamides is 1. The van der Waals surface area contributed by atoms with Crippen LogP contribution in [0.2, 0.25) is 0 Å². The zero-order valence-corrected chi connectivity index (χ0v) is 11.5. The number of nitrogens with two attached hydrogens (primary N) is 1. The van der Waals surface area contributed by atoms with Crippen LogP contribution in [0.5, 0.6) is 0 Å². The van der Waals surface area contributed by atoms with Crippen LogP contribution in [0.4, 0.5) is 21.5 Å². The van der Waals surface area contributed by atoms with Crippen LogP contribution < -0.4 is 15.8 Å². The number of anilines is 3. The minimum atomic E-state index is -3.65. The molecule has 2 rings (SSSR count). The molecule has 0 saturated heterocycles. The van der Waals surface area contributed by atoms with Crippen molar-refractivity contribution < 1.29 is 12.8 Å². The van der Waals surface area contributed by atoms with Crippen LogP contribution in [0.1, 0.15) is 0 Å². The molecule has 0 radical (unpaired) electrons. The molecule has 0 aliphatic carbocycles. The maximum Gasteiger partial charge on any atom is 0.242 e. The molecule has 5 nitrogen and oxygen atoms in total. The third kappa shape index (κ3) is 3.06. The van der Waals surface area contributed by atoms with Crippen molar-refractivity contribution in [3.63, 3.8) is 0 Å². The van der Waals surface area contributed by atoms with E-state index in [2.05, 4.69) is 10.0 Å². The van der Waals surface area contributed by atoms with Gasteiger partial charge in [-0.05, 0) is 49.5 Å². The molecule has 0 heterocycles. The smallest absolute Gasteiger partial charge is 0.242 e. The van der Waals surface area contributed by atoms with E-state index in [-0.39, 0.29) is 10.7 Å². The van der Waals surface area contributed by atoms with Crippen molar-refractivity contribution >= 4 is 27.1 Å². The maximum absolute atomic E-state index is 12.9. The van der Waals surface area contributed by atoms with Gasteiger partial charge < -0.3 is 11.1 Å². The van der Waals surface area contributed by atoms with Crippen LogP contribution in [-0.4, -0.2) is 15.5 Å². The van der Waals surface area contributed by atoms with Crippen LogP contribution in [0, 0.1) is 5.82 Å². The first-order valence-electron chi connectivity index (χ1n) is 5.78. The molecule has 106 valence electrons. The second kappa shape index (κ2) is 5.48. The molecule has 0 aliphatic heterocycles. The summed E-state index contributed by atoms with van der Waals surface area (Å²) in [5, 5.41) is 2.93. The summed E-state index contributed by atoms with van der Waals surface area (Å²) in [5.74, 6) is -0.365. The highest BCUT2D eigenvalue weighted by Crippen LogP contribution is 2.27. The average molecular weight is 295 g/mol. The Labute approximate surface area is 116 Å². The summed E-state index contributed by atoms with van der Waals surface area (Å²) in [6, 6.07) is 10.1. The van der Waals surface area contributed by atoms with Crippen LogP contribution in [0.25, 0.3) is 0 Å². The molecule has 0 aliphatic rings. The SMILES string of the molecule is CNS(=O)(=O)c1cc(N)ccc1Nc1ccc(F)cc1. The number of benzene rings is 2. The first-order chi connectivity index (χ1) is 9.42. The van der Waals surface area contributed by atoms with Gasteiger partial charge in [-0.25, -0.2) is 17.5 Å². The first kappa shape index (κ1) is 14.3. The molecule has 0 saturated carbocycles. The van der Waals surface area contributed by atoms with E-state index in [1.165, 1.54) is 37.4 Å². The number of hydrogen-bond acceptors (Lipinski definition) is 4. The monoisotopic (exact) mass is 295 g/mol. The largest absolute Gasteiger partial charge is 0.399 e. The normalized spacial score (nSPS) is 11.3. The van der Waals surface area contributed by atoms with Crippen LogP contribution in [-0.2, 0) is 10.0 Å². The van der Waals surface area contributed by atoms with Crippen LogP contribution in [0.15, 0.2) is 47.4 Å². The molecule has 20 heavy (non-hydrogen) atoms. The molecule has 0 fully saturated rings. The van der Waals surface area contributed by atoms with E-state index < -0.39 is 10.0 Å². The van der Waals surface area contributed by atoms with Crippen molar-refractivity contribution in [2.75, 3.05) is 18.1 Å². The van der Waals surface area contributed by atoms with Crippen molar-refractivity contribution in [2.45, 2.75) is 4.90 Å². The summed E-state index contributed by atoms with van der Waals surface area (Å²) >= 11 is 0. The predicted octanol–water partition coefficient (Wildman–Crippen LogP) is 2.06. The standard InChI is InChI=1S/C13H14FN3O2S/c1-16-20(18,19)13-8-10(15)4-7-12(13)17-11-5-2-9(14)3-6-11/h2-8,16-17H,15H2,1H3. The maximum atomic E-state index is 12.9. The lowest BCUT2D eigenvalue weighted by molar-refractivity contribution is 0.588. The average Bonchev–Trinajstić information content (AvgIpc) is 2.43. The Morgan fingerprint density at radius 1 is 1.10 bits per heavy atom. The molecule has 2 aromatic carbocycles. The quantitative estimate of drug-likeness (QED) is 0.754. The Kier molecular flexibility index (Phi) is 3.91. The molecule has 0 unspecified atom stereocenters. The molecular formula is C13H14FN3O2S. The molecule has 2 aromatic rings. The zero-order valence-electron chi connectivity index (χ0n) is 10.7. The highest BCUT2D eigenvalue weighted by molar-refractivity contribution is 7.89. The van der Waals surface area contributed by atoms with E-state index in [0.717, 1.165) is 0 Å². The highest BCUT2D eigenvalue weighted by atomic mass is 32.2. The number of rotatable bonds is 4. The summed E-state index contributed by atoms with van der Waals surface area (Å²) in [6.45, 7) is 0. The number of nitrogen functional groups attached to an aromatic ring is 1. The van der Waals surface area contributed by atoms with E-state index in [4.69, 9.17) is 5.73 Å². The molecule has 0 bridgehead atoms. The fourth-order valence-electron chi connectivity index (χ4n) is 1.66. The van der Waals surface area contributed by atoms with Gasteiger partial charge in [-0.2, -0.15) is 0 Å². The van der Waals surface area contributed by atoms with Gasteiger partial charge in [0.05, 0.1) is 5.69 Å². The second-order valence-corrected chi connectivity index (χ2v) is 5.95. The summed E-state index contributed by atoms with van der Waals surface area (Å²) in [5.41, 5.74) is 6.89. The molecule has 0 atom stereocenters. The van der Waals surface area contributed by atoms with Gasteiger partial charge in [-0.3, -0.25) is 0 Å². The zero-order chi connectivity index (χ0) is 14.8. The topological polar surface area (TPSA) is 84.2 Å². The van der Waals surface area contributed by atoms with E-state index in [1.54, 1.807) is 12.1 Å². The third-order valence-corrected chi connectivity index (χ3v) is 4.14. The van der Waals surface area contributed by atoms with Crippen molar-refractivity contribution in [1.82, 2.24) is 4.72 Å². The molecule has 4 N–H and O–H groups in total. The molecule has 0 spiro atoms. The second-order valence-electron chi connectivity index (χ2n) is 4.10. The van der Waals surface area contributed by atoms with Crippen molar-refractivity contribution in [3.8, 4) is 0 Å². The van der Waals surface area contributed by atoms with Crippen molar-refractivity contribution in [2.24, 2.45) is 0 Å². The first-order valence-corrected chi connectivity index (χ1v) is 7.26. The van der Waals surface area contributed by atoms with E-state index in [9.17, 15) is 12.8 Å². The molecule has 0 aromatic heterocycles. The fraction of sp³-hybridized carbons (Fsp3) is 0.0769. The van der Waals surface area contributed by atoms with Gasteiger partial charge in [0.15, 0.2) is 0 Å². The lowest BCUT2D eigenvalue weighted by Gasteiger charge is -2.13. The predicted molar refractivity (Wildman–Crippen MR) is 76.8 cm³/mol. The summed E-state index contributed by atoms with van der Waals surface area (Å²) in [7, 11) is -2.33. The lowest BCUT2D eigenvalue weighted by atomic mass is 10.2. The Morgan fingerprint density at radius 2 is 1.75 bits per heavy atom. The molecule has 0 amide bonds. The highest BCUT2D eigenvalue weighted by Gasteiger charge is 2.17. The van der Waals surface area contributed by atoms with Gasteiger partial charge in [0.25, 0.3) is 0 Å². The minimum absolute atomic E-state index is 0.0318. The lowest BCUT2D eigenvalue weighted by Crippen LogP contribution is -2.20. The Balaban J connectivity index is 2.44. The van der Waals surface area contributed by atoms with Gasteiger partial charge in [-0.1, -0.05) is 0 Å². The number of hydrogen-bond donors (Lipinski definition) is 3. The molecule has 7 heteroatoms. The molecular weight excluding hydrogens is 281 g/mol. The van der Waals surface area contributed by atoms with E-state index in [1.807, 2.05) is 0 Å². The van der Waals surface area contributed by atoms with Gasteiger partial charge in [0.2, 0.25) is 10.0 Å². The Morgan fingerprint density at radius 3 is 2.35 bits per heavy atom. The van der Waals surface area contributed by atoms with E-state index in [0.29, 0.717) is 17.1 Å². The third-order valence-electron chi connectivity index (χ3n) is 2.69. The van der Waals surface area contributed by atoms with Crippen molar-refractivity contribution in [3.05, 3.63) is 48.3 Å². The van der Waals surface area contributed by atoms with Gasteiger partial charge in [0, 0.05) is 11.4 Å². The summed E-state index contributed by atoms with van der Waals surface area (Å²) in [6.07, 6.45) is 0. The van der Waals surface area contributed by atoms with Crippen LogP contribution >= 0.6 is 0 Å².